The fraction of sp³-hybridized carbons (Fsp3) is 0.115. The van der Waals surface area contributed by atoms with Crippen LogP contribution in [0.25, 0.3) is 10.8 Å². The van der Waals surface area contributed by atoms with E-state index in [0.29, 0.717) is 5.56 Å². The van der Waals surface area contributed by atoms with Gasteiger partial charge in [0.05, 0.1) is 0 Å². The van der Waals surface area contributed by atoms with E-state index >= 15 is 0 Å². The first-order valence-corrected chi connectivity index (χ1v) is 9.99. The molecule has 0 aliphatic carbocycles. The van der Waals surface area contributed by atoms with Crippen LogP contribution in [0.4, 0.5) is 11.4 Å². The maximum Gasteiger partial charge on any atom is 0.255 e. The highest BCUT2D eigenvalue weighted by atomic mass is 16.1. The van der Waals surface area contributed by atoms with Gasteiger partial charge in [0.15, 0.2) is 0 Å². The third kappa shape index (κ3) is 3.47. The quantitative estimate of drug-likeness (QED) is 0.497. The maximum absolute atomic E-state index is 12.8. The molecule has 3 nitrogen and oxygen atoms in total. The van der Waals surface area contributed by atoms with Gasteiger partial charge in [0, 0.05) is 35.4 Å². The lowest BCUT2D eigenvalue weighted by Gasteiger charge is -2.19. The van der Waals surface area contributed by atoms with E-state index in [0.717, 1.165) is 36.0 Å². The lowest BCUT2D eigenvalue weighted by Crippen LogP contribution is -2.19. The van der Waals surface area contributed by atoms with E-state index < -0.39 is 0 Å². The van der Waals surface area contributed by atoms with E-state index in [1.807, 2.05) is 42.5 Å². The Morgan fingerprint density at radius 3 is 2.48 bits per heavy atom. The Kier molecular flexibility index (Phi) is 4.49. The average molecular weight is 378 g/mol. The molecule has 0 saturated carbocycles. The molecule has 0 bridgehead atoms. The van der Waals surface area contributed by atoms with Gasteiger partial charge < -0.3 is 10.2 Å². The van der Waals surface area contributed by atoms with Gasteiger partial charge in [-0.15, -0.1) is 0 Å². The van der Waals surface area contributed by atoms with Crippen LogP contribution in [0.2, 0.25) is 0 Å². The number of carbonyl (C=O) groups is 1. The van der Waals surface area contributed by atoms with Crippen molar-refractivity contribution in [2.24, 2.45) is 0 Å². The predicted octanol–water partition coefficient (Wildman–Crippen LogP) is 5.65. The van der Waals surface area contributed by atoms with E-state index in [1.165, 1.54) is 16.8 Å². The van der Waals surface area contributed by atoms with Gasteiger partial charge in [-0.2, -0.15) is 0 Å². The van der Waals surface area contributed by atoms with Crippen molar-refractivity contribution >= 4 is 28.1 Å². The predicted molar refractivity (Wildman–Crippen MR) is 120 cm³/mol. The molecule has 5 rings (SSSR count). The zero-order valence-electron chi connectivity index (χ0n) is 16.1. The van der Waals surface area contributed by atoms with Crippen molar-refractivity contribution in [3.8, 4) is 0 Å². The second-order valence-corrected chi connectivity index (χ2v) is 7.48. The summed E-state index contributed by atoms with van der Waals surface area (Å²) in [6, 6.07) is 30.6. The Morgan fingerprint density at radius 2 is 1.59 bits per heavy atom. The Bertz CT molecular complexity index is 1180. The van der Waals surface area contributed by atoms with Crippen LogP contribution in [0.15, 0.2) is 91.0 Å². The summed E-state index contributed by atoms with van der Waals surface area (Å²) in [5.74, 6) is -0.0839. The normalized spacial score (nSPS) is 12.8. The summed E-state index contributed by atoms with van der Waals surface area (Å²) in [7, 11) is 0. The molecule has 0 fully saturated rings. The zero-order chi connectivity index (χ0) is 19.6. The number of fused-ring (bicyclic) bond motifs is 2. The number of para-hydroxylation sites is 1. The van der Waals surface area contributed by atoms with Crippen LogP contribution >= 0.6 is 0 Å². The van der Waals surface area contributed by atoms with Gasteiger partial charge in [-0.3, -0.25) is 4.79 Å². The largest absolute Gasteiger partial charge is 0.367 e. The monoisotopic (exact) mass is 378 g/mol. The first-order chi connectivity index (χ1) is 14.3. The molecule has 1 aliphatic rings. The number of benzene rings is 4. The molecule has 1 N–H and O–H groups in total. The van der Waals surface area contributed by atoms with Gasteiger partial charge in [-0.1, -0.05) is 66.7 Å². The lowest BCUT2D eigenvalue weighted by molar-refractivity contribution is 0.102. The molecule has 0 saturated heterocycles. The maximum atomic E-state index is 12.8. The topological polar surface area (TPSA) is 32.3 Å². The van der Waals surface area contributed by atoms with E-state index in [2.05, 4.69) is 58.7 Å². The molecular formula is C26H22N2O. The zero-order valence-corrected chi connectivity index (χ0v) is 16.1. The fourth-order valence-electron chi connectivity index (χ4n) is 4.08. The minimum Gasteiger partial charge on any atom is -0.367 e. The second kappa shape index (κ2) is 7.44. The molecule has 0 radical (unpaired) electrons. The van der Waals surface area contributed by atoms with Gasteiger partial charge >= 0.3 is 0 Å². The van der Waals surface area contributed by atoms with Crippen molar-refractivity contribution in [2.45, 2.75) is 13.0 Å². The van der Waals surface area contributed by atoms with E-state index in [-0.39, 0.29) is 5.91 Å². The number of nitrogens with one attached hydrogen (secondary N) is 1. The van der Waals surface area contributed by atoms with Gasteiger partial charge in [0.2, 0.25) is 0 Å². The standard InChI is InChI=1S/C26H22N2O/c29-26(27-24-10-5-8-20-6-1-3-9-23(20)24)22-14-12-19(13-15-22)18-28-17-16-21-7-2-4-11-25(21)28/h1-15H,16-18H2,(H,27,29). The molecule has 29 heavy (non-hydrogen) atoms. The van der Waals surface area contributed by atoms with Crippen molar-refractivity contribution in [3.63, 3.8) is 0 Å². The van der Waals surface area contributed by atoms with Crippen LogP contribution in [0.5, 0.6) is 0 Å². The van der Waals surface area contributed by atoms with Crippen molar-refractivity contribution < 1.29 is 4.79 Å². The molecule has 0 spiro atoms. The number of rotatable bonds is 4. The molecule has 1 amide bonds. The van der Waals surface area contributed by atoms with E-state index in [4.69, 9.17) is 0 Å². The summed E-state index contributed by atoms with van der Waals surface area (Å²) < 4.78 is 0. The molecule has 0 aromatic heterocycles. The minimum atomic E-state index is -0.0839. The number of hydrogen-bond donors (Lipinski definition) is 1. The molecule has 1 heterocycles. The Hall–Kier alpha value is -3.59. The number of hydrogen-bond acceptors (Lipinski definition) is 2. The first kappa shape index (κ1) is 17.5. The highest BCUT2D eigenvalue weighted by molar-refractivity contribution is 6.09. The van der Waals surface area contributed by atoms with Gasteiger partial charge in [-0.25, -0.2) is 0 Å². The lowest BCUT2D eigenvalue weighted by atomic mass is 10.1. The Labute approximate surface area is 170 Å². The molecule has 1 aliphatic heterocycles. The summed E-state index contributed by atoms with van der Waals surface area (Å²) in [6.07, 6.45) is 1.10. The third-order valence-electron chi connectivity index (χ3n) is 5.61. The minimum absolute atomic E-state index is 0.0839. The van der Waals surface area contributed by atoms with E-state index in [1.54, 1.807) is 0 Å². The molecule has 3 heteroatoms. The highest BCUT2D eigenvalue weighted by Gasteiger charge is 2.18. The van der Waals surface area contributed by atoms with Crippen LogP contribution in [-0.4, -0.2) is 12.5 Å². The average Bonchev–Trinajstić information content (AvgIpc) is 3.17. The first-order valence-electron chi connectivity index (χ1n) is 9.99. The summed E-state index contributed by atoms with van der Waals surface area (Å²) in [4.78, 5) is 15.2. The summed E-state index contributed by atoms with van der Waals surface area (Å²) >= 11 is 0. The molecular weight excluding hydrogens is 356 g/mol. The van der Waals surface area contributed by atoms with Crippen molar-refractivity contribution in [1.29, 1.82) is 0 Å². The van der Waals surface area contributed by atoms with Crippen LogP contribution in [-0.2, 0) is 13.0 Å². The Morgan fingerprint density at radius 1 is 0.828 bits per heavy atom. The molecule has 142 valence electrons. The smallest absolute Gasteiger partial charge is 0.255 e. The van der Waals surface area contributed by atoms with Crippen LogP contribution < -0.4 is 10.2 Å². The Balaban J connectivity index is 1.31. The molecule has 0 unspecified atom stereocenters. The van der Waals surface area contributed by atoms with Crippen LogP contribution in [0.3, 0.4) is 0 Å². The SMILES string of the molecule is O=C(Nc1cccc2ccccc12)c1ccc(CN2CCc3ccccc32)cc1. The number of carbonyl (C=O) groups excluding carboxylic acids is 1. The highest BCUT2D eigenvalue weighted by Crippen LogP contribution is 2.29. The van der Waals surface area contributed by atoms with Gasteiger partial charge in [0.25, 0.3) is 5.91 Å². The molecule has 4 aromatic carbocycles. The molecule has 4 aromatic rings. The number of anilines is 2. The van der Waals surface area contributed by atoms with Crippen LogP contribution in [0.1, 0.15) is 21.5 Å². The summed E-state index contributed by atoms with van der Waals surface area (Å²) in [6.45, 7) is 1.91. The van der Waals surface area contributed by atoms with E-state index in [9.17, 15) is 4.79 Å². The fourth-order valence-corrected chi connectivity index (χ4v) is 4.08. The van der Waals surface area contributed by atoms with Gasteiger partial charge in [-0.05, 0) is 47.2 Å². The van der Waals surface area contributed by atoms with Gasteiger partial charge in [0.1, 0.15) is 0 Å². The number of amides is 1. The molecule has 0 atom stereocenters. The van der Waals surface area contributed by atoms with Crippen LogP contribution in [0, 0.1) is 0 Å². The third-order valence-corrected chi connectivity index (χ3v) is 5.61. The summed E-state index contributed by atoms with van der Waals surface area (Å²) in [5.41, 5.74) is 5.46. The van der Waals surface area contributed by atoms with Crippen molar-refractivity contribution in [2.75, 3.05) is 16.8 Å². The second-order valence-electron chi connectivity index (χ2n) is 7.48. The summed E-state index contributed by atoms with van der Waals surface area (Å²) in [5, 5.41) is 5.22. The number of nitrogens with zero attached hydrogens (tertiary/aromatic N) is 1. The van der Waals surface area contributed by atoms with Crippen molar-refractivity contribution in [3.05, 3.63) is 108 Å². The van der Waals surface area contributed by atoms with Crippen molar-refractivity contribution in [1.82, 2.24) is 0 Å².